The van der Waals surface area contributed by atoms with Crippen molar-refractivity contribution in [3.05, 3.63) is 0 Å². The van der Waals surface area contributed by atoms with Crippen molar-refractivity contribution in [1.29, 1.82) is 5.26 Å². The minimum atomic E-state index is -0.828. The predicted molar refractivity (Wildman–Crippen MR) is 58.0 cm³/mol. The molecular weight excluding hydrogens is 206 g/mol. The molecule has 0 aromatic heterocycles. The van der Waals surface area contributed by atoms with Crippen molar-refractivity contribution in [2.24, 2.45) is 5.73 Å². The minimum Gasteiger partial charge on any atom is -0.313 e. The molecule has 88 valence electrons. The van der Waals surface area contributed by atoms with Crippen LogP contribution in [0.3, 0.4) is 0 Å². The van der Waals surface area contributed by atoms with E-state index in [2.05, 4.69) is 6.07 Å². The average Bonchev–Trinajstić information content (AvgIpc) is 2.60. The molecule has 1 aliphatic heterocycles. The summed E-state index contributed by atoms with van der Waals surface area (Å²) in [6.07, 6.45) is 2.31. The highest BCUT2D eigenvalue weighted by molar-refractivity contribution is 6.01. The van der Waals surface area contributed by atoms with Gasteiger partial charge in [0.15, 0.2) is 0 Å². The summed E-state index contributed by atoms with van der Waals surface area (Å²) in [6.45, 7) is 2.24. The minimum absolute atomic E-state index is 0.110. The van der Waals surface area contributed by atoms with Gasteiger partial charge in [-0.2, -0.15) is 5.26 Å². The Balaban J connectivity index is 2.39. The highest BCUT2D eigenvalue weighted by atomic mass is 16.2. The first-order chi connectivity index (χ1) is 7.52. The number of rotatable bonds is 5. The molecule has 0 radical (unpaired) electrons. The average molecular weight is 223 g/mol. The number of imide groups is 1. The normalized spacial score (nSPS) is 19.7. The van der Waals surface area contributed by atoms with E-state index in [-0.39, 0.29) is 11.8 Å². The summed E-state index contributed by atoms with van der Waals surface area (Å²) in [6, 6.07) is 2.07. The van der Waals surface area contributed by atoms with E-state index in [1.807, 2.05) is 6.92 Å². The number of nitriles is 1. The van der Waals surface area contributed by atoms with Crippen LogP contribution in [0, 0.1) is 11.3 Å². The first kappa shape index (κ1) is 12.7. The molecule has 0 aromatic carbocycles. The third-order valence-electron chi connectivity index (χ3n) is 3.01. The number of carbonyl (C=O) groups excluding carboxylic acids is 2. The van der Waals surface area contributed by atoms with E-state index >= 15 is 0 Å². The lowest BCUT2D eigenvalue weighted by Gasteiger charge is -2.20. The van der Waals surface area contributed by atoms with Crippen LogP contribution >= 0.6 is 0 Å². The first-order valence-electron chi connectivity index (χ1n) is 5.56. The van der Waals surface area contributed by atoms with Crippen molar-refractivity contribution in [2.75, 3.05) is 6.54 Å². The fourth-order valence-corrected chi connectivity index (χ4v) is 1.74. The third kappa shape index (κ3) is 2.80. The van der Waals surface area contributed by atoms with Crippen LogP contribution in [-0.2, 0) is 9.59 Å². The van der Waals surface area contributed by atoms with Crippen LogP contribution < -0.4 is 5.73 Å². The summed E-state index contributed by atoms with van der Waals surface area (Å²) < 4.78 is 0. The van der Waals surface area contributed by atoms with E-state index in [0.717, 1.165) is 0 Å². The second-order valence-electron chi connectivity index (χ2n) is 4.16. The molecule has 0 spiro atoms. The number of hydrogen-bond acceptors (Lipinski definition) is 4. The van der Waals surface area contributed by atoms with Crippen LogP contribution in [0.5, 0.6) is 0 Å². The predicted octanol–water partition coefficient (Wildman–Crippen LogP) is 0.547. The SMILES string of the molecule is CCC(N)(C#N)CCCN1C(=O)CCC1=O. The molecule has 0 bridgehead atoms. The molecule has 1 unspecified atom stereocenters. The van der Waals surface area contributed by atoms with Gasteiger partial charge in [0, 0.05) is 19.4 Å². The van der Waals surface area contributed by atoms with E-state index in [4.69, 9.17) is 11.0 Å². The summed E-state index contributed by atoms with van der Waals surface area (Å²) in [7, 11) is 0. The zero-order valence-corrected chi connectivity index (χ0v) is 9.53. The molecule has 2 amide bonds. The monoisotopic (exact) mass is 223 g/mol. The van der Waals surface area contributed by atoms with Gasteiger partial charge in [-0.1, -0.05) is 6.92 Å². The molecule has 0 aliphatic carbocycles. The summed E-state index contributed by atoms with van der Waals surface area (Å²) in [5.41, 5.74) is 4.97. The Kier molecular flexibility index (Phi) is 4.02. The number of nitrogens with two attached hydrogens (primary N) is 1. The Hall–Kier alpha value is -1.41. The Morgan fingerprint density at radius 2 is 2.00 bits per heavy atom. The number of amides is 2. The third-order valence-corrected chi connectivity index (χ3v) is 3.01. The van der Waals surface area contributed by atoms with E-state index in [1.165, 1.54) is 4.90 Å². The van der Waals surface area contributed by atoms with Crippen molar-refractivity contribution < 1.29 is 9.59 Å². The van der Waals surface area contributed by atoms with Crippen LogP contribution in [0.2, 0.25) is 0 Å². The summed E-state index contributed by atoms with van der Waals surface area (Å²) in [5, 5.41) is 8.86. The van der Waals surface area contributed by atoms with E-state index in [0.29, 0.717) is 38.6 Å². The second-order valence-corrected chi connectivity index (χ2v) is 4.16. The number of carbonyl (C=O) groups is 2. The topological polar surface area (TPSA) is 87.2 Å². The molecule has 5 nitrogen and oxygen atoms in total. The van der Waals surface area contributed by atoms with Crippen molar-refractivity contribution >= 4 is 11.8 Å². The van der Waals surface area contributed by atoms with Gasteiger partial charge in [0.05, 0.1) is 6.07 Å². The zero-order chi connectivity index (χ0) is 12.2. The lowest BCUT2D eigenvalue weighted by molar-refractivity contribution is -0.138. The van der Waals surface area contributed by atoms with Gasteiger partial charge >= 0.3 is 0 Å². The number of likely N-dealkylation sites (tertiary alicyclic amines) is 1. The van der Waals surface area contributed by atoms with Gasteiger partial charge in [-0.15, -0.1) is 0 Å². The standard InChI is InChI=1S/C11H17N3O2/c1-2-11(13,8-12)6-3-7-14-9(15)4-5-10(14)16/h2-7,13H2,1H3. The summed E-state index contributed by atoms with van der Waals surface area (Å²) in [4.78, 5) is 23.8. The molecule has 0 saturated carbocycles. The maximum atomic E-state index is 11.3. The molecule has 1 atom stereocenters. The van der Waals surface area contributed by atoms with Crippen LogP contribution in [-0.4, -0.2) is 28.8 Å². The van der Waals surface area contributed by atoms with Gasteiger partial charge in [-0.3, -0.25) is 14.5 Å². The van der Waals surface area contributed by atoms with Crippen LogP contribution in [0.1, 0.15) is 39.0 Å². The highest BCUT2D eigenvalue weighted by Crippen LogP contribution is 2.16. The van der Waals surface area contributed by atoms with Gasteiger partial charge < -0.3 is 5.73 Å². The Morgan fingerprint density at radius 1 is 1.44 bits per heavy atom. The molecule has 1 heterocycles. The van der Waals surface area contributed by atoms with Crippen molar-refractivity contribution in [3.63, 3.8) is 0 Å². The molecule has 16 heavy (non-hydrogen) atoms. The molecule has 2 N–H and O–H groups in total. The molecule has 1 fully saturated rings. The fourth-order valence-electron chi connectivity index (χ4n) is 1.74. The smallest absolute Gasteiger partial charge is 0.229 e. The zero-order valence-electron chi connectivity index (χ0n) is 9.53. The fraction of sp³-hybridized carbons (Fsp3) is 0.727. The highest BCUT2D eigenvalue weighted by Gasteiger charge is 2.29. The number of hydrogen-bond donors (Lipinski definition) is 1. The van der Waals surface area contributed by atoms with Crippen molar-refractivity contribution in [1.82, 2.24) is 4.90 Å². The molecule has 1 rings (SSSR count). The van der Waals surface area contributed by atoms with Crippen LogP contribution in [0.4, 0.5) is 0 Å². The number of nitrogens with zero attached hydrogens (tertiary/aromatic N) is 2. The molecule has 1 aliphatic rings. The van der Waals surface area contributed by atoms with Gasteiger partial charge in [0.25, 0.3) is 0 Å². The summed E-state index contributed by atoms with van der Waals surface area (Å²) in [5.74, 6) is -0.220. The lowest BCUT2D eigenvalue weighted by atomic mass is 9.93. The second kappa shape index (κ2) is 5.08. The maximum absolute atomic E-state index is 11.3. The van der Waals surface area contributed by atoms with Crippen molar-refractivity contribution in [3.8, 4) is 6.07 Å². The van der Waals surface area contributed by atoms with Crippen molar-refractivity contribution in [2.45, 2.75) is 44.6 Å². The van der Waals surface area contributed by atoms with Gasteiger partial charge in [0.1, 0.15) is 5.54 Å². The Morgan fingerprint density at radius 3 is 2.44 bits per heavy atom. The molecular formula is C11H17N3O2. The lowest BCUT2D eigenvalue weighted by Crippen LogP contribution is -2.39. The Labute approximate surface area is 95.2 Å². The largest absolute Gasteiger partial charge is 0.313 e. The molecule has 1 saturated heterocycles. The summed E-state index contributed by atoms with van der Waals surface area (Å²) >= 11 is 0. The van der Waals surface area contributed by atoms with Crippen LogP contribution in [0.25, 0.3) is 0 Å². The quantitative estimate of drug-likeness (QED) is 0.689. The van der Waals surface area contributed by atoms with E-state index in [9.17, 15) is 9.59 Å². The Bertz CT molecular complexity index is 319. The van der Waals surface area contributed by atoms with Crippen LogP contribution in [0.15, 0.2) is 0 Å². The van der Waals surface area contributed by atoms with E-state index < -0.39 is 5.54 Å². The van der Waals surface area contributed by atoms with E-state index in [1.54, 1.807) is 0 Å². The molecule has 5 heteroatoms. The van der Waals surface area contributed by atoms with Gasteiger partial charge in [-0.05, 0) is 19.3 Å². The van der Waals surface area contributed by atoms with Gasteiger partial charge in [-0.25, -0.2) is 0 Å². The van der Waals surface area contributed by atoms with Gasteiger partial charge in [0.2, 0.25) is 11.8 Å². The maximum Gasteiger partial charge on any atom is 0.229 e. The first-order valence-corrected chi connectivity index (χ1v) is 5.56. The molecule has 0 aromatic rings.